The summed E-state index contributed by atoms with van der Waals surface area (Å²) in [5, 5.41) is 18.2. The molecule has 1 saturated heterocycles. The summed E-state index contributed by atoms with van der Waals surface area (Å²) in [5.74, 6) is 0. The maximum atomic E-state index is 10.7. The summed E-state index contributed by atoms with van der Waals surface area (Å²) in [6.45, 7) is 5.10. The Bertz CT molecular complexity index is 372. The molecule has 0 bridgehead atoms. The van der Waals surface area contributed by atoms with E-state index in [-0.39, 0.29) is 11.7 Å². The Kier molecular flexibility index (Phi) is 6.93. The second kappa shape index (κ2) is 8.20. The molecule has 0 aromatic carbocycles. The molecule has 0 aromatic rings. The Morgan fingerprint density at radius 3 is 2.81 bits per heavy atom. The summed E-state index contributed by atoms with van der Waals surface area (Å²) in [7, 11) is 1.55. The van der Waals surface area contributed by atoms with Crippen molar-refractivity contribution in [3.05, 3.63) is 0 Å². The van der Waals surface area contributed by atoms with Crippen molar-refractivity contribution in [3.8, 4) is 6.07 Å². The van der Waals surface area contributed by atoms with Crippen LogP contribution in [0.4, 0.5) is 4.79 Å². The van der Waals surface area contributed by atoms with E-state index in [1.165, 1.54) is 4.90 Å². The summed E-state index contributed by atoms with van der Waals surface area (Å²) in [5.41, 5.74) is -0.338. The van der Waals surface area contributed by atoms with E-state index in [9.17, 15) is 10.1 Å². The highest BCUT2D eigenvalue weighted by atomic mass is 16.7. The molecular formula is C15H26N2O4. The standard InChI is InChI=1S/C15H26N2O4/c1-15(2,8-6-9-17(3)14(18)19)12(11-16)21-13-7-4-5-10-20-13/h12-13H,4-10H2,1-3H3,(H,18,19). The molecule has 21 heavy (non-hydrogen) atoms. The largest absolute Gasteiger partial charge is 0.465 e. The molecule has 1 heterocycles. The number of amides is 1. The van der Waals surface area contributed by atoms with Crippen LogP contribution in [0.1, 0.15) is 46.0 Å². The Labute approximate surface area is 126 Å². The maximum absolute atomic E-state index is 10.7. The molecule has 6 nitrogen and oxygen atoms in total. The van der Waals surface area contributed by atoms with Gasteiger partial charge in [-0.05, 0) is 32.1 Å². The molecule has 1 aliphatic rings. The first-order chi connectivity index (χ1) is 9.86. The topological polar surface area (TPSA) is 82.8 Å². The number of nitriles is 1. The minimum atomic E-state index is -0.934. The van der Waals surface area contributed by atoms with Crippen LogP contribution in [-0.2, 0) is 9.47 Å². The first-order valence-corrected chi connectivity index (χ1v) is 7.47. The van der Waals surface area contributed by atoms with Crippen LogP contribution in [0.15, 0.2) is 0 Å². The summed E-state index contributed by atoms with van der Waals surface area (Å²) in [4.78, 5) is 12.0. The number of nitrogens with zero attached hydrogens (tertiary/aromatic N) is 2. The van der Waals surface area contributed by atoms with E-state index in [0.717, 1.165) is 25.7 Å². The molecule has 2 atom stereocenters. The summed E-state index contributed by atoms with van der Waals surface area (Å²) in [6.07, 6.45) is 2.58. The molecule has 2 unspecified atom stereocenters. The van der Waals surface area contributed by atoms with E-state index in [1.807, 2.05) is 13.8 Å². The lowest BCUT2D eigenvalue weighted by Gasteiger charge is -2.34. The van der Waals surface area contributed by atoms with E-state index in [1.54, 1.807) is 7.05 Å². The van der Waals surface area contributed by atoms with Gasteiger partial charge in [-0.15, -0.1) is 0 Å². The van der Waals surface area contributed by atoms with Gasteiger partial charge in [0.05, 0.1) is 6.07 Å². The minimum Gasteiger partial charge on any atom is -0.465 e. The van der Waals surface area contributed by atoms with Crippen molar-refractivity contribution in [2.45, 2.75) is 58.3 Å². The van der Waals surface area contributed by atoms with E-state index < -0.39 is 12.2 Å². The number of hydrogen-bond acceptors (Lipinski definition) is 4. The maximum Gasteiger partial charge on any atom is 0.407 e. The van der Waals surface area contributed by atoms with E-state index in [4.69, 9.17) is 14.6 Å². The van der Waals surface area contributed by atoms with Gasteiger partial charge in [0.1, 0.15) is 0 Å². The van der Waals surface area contributed by atoms with Crippen LogP contribution in [0.5, 0.6) is 0 Å². The smallest absolute Gasteiger partial charge is 0.407 e. The molecule has 0 radical (unpaired) electrons. The molecule has 1 N–H and O–H groups in total. The molecule has 6 heteroatoms. The van der Waals surface area contributed by atoms with Gasteiger partial charge >= 0.3 is 6.09 Å². The lowest BCUT2D eigenvalue weighted by atomic mass is 9.82. The number of ether oxygens (including phenoxy) is 2. The molecule has 1 fully saturated rings. The van der Waals surface area contributed by atoms with Crippen LogP contribution in [0.25, 0.3) is 0 Å². The second-order valence-corrected chi connectivity index (χ2v) is 6.24. The van der Waals surface area contributed by atoms with Gasteiger partial charge in [0.15, 0.2) is 12.4 Å². The van der Waals surface area contributed by atoms with E-state index in [2.05, 4.69) is 6.07 Å². The zero-order valence-corrected chi connectivity index (χ0v) is 13.2. The molecule has 0 aliphatic carbocycles. The predicted molar refractivity (Wildman–Crippen MR) is 77.7 cm³/mol. The van der Waals surface area contributed by atoms with Crippen molar-refractivity contribution < 1.29 is 19.4 Å². The average molecular weight is 298 g/mol. The molecule has 1 amide bonds. The van der Waals surface area contributed by atoms with Gasteiger partial charge in [0.2, 0.25) is 0 Å². The van der Waals surface area contributed by atoms with Crippen LogP contribution < -0.4 is 0 Å². The molecule has 1 rings (SSSR count). The highest BCUT2D eigenvalue weighted by Crippen LogP contribution is 2.31. The Morgan fingerprint density at radius 2 is 2.29 bits per heavy atom. The van der Waals surface area contributed by atoms with Crippen LogP contribution >= 0.6 is 0 Å². The van der Waals surface area contributed by atoms with Gasteiger partial charge in [-0.25, -0.2) is 4.79 Å². The molecule has 0 aromatic heterocycles. The summed E-state index contributed by atoms with van der Waals surface area (Å²) in [6, 6.07) is 2.22. The highest BCUT2D eigenvalue weighted by molar-refractivity contribution is 5.64. The number of hydrogen-bond donors (Lipinski definition) is 1. The Hall–Kier alpha value is -1.32. The predicted octanol–water partition coefficient (Wildman–Crippen LogP) is 2.84. The molecule has 120 valence electrons. The minimum absolute atomic E-state index is 0.288. The number of carbonyl (C=O) groups is 1. The van der Waals surface area contributed by atoms with Crippen molar-refractivity contribution in [2.75, 3.05) is 20.2 Å². The Morgan fingerprint density at radius 1 is 1.57 bits per heavy atom. The molecule has 0 spiro atoms. The zero-order chi connectivity index (χ0) is 15.9. The van der Waals surface area contributed by atoms with Crippen LogP contribution in [-0.4, -0.2) is 48.7 Å². The third-order valence-corrected chi connectivity index (χ3v) is 3.89. The average Bonchev–Trinajstić information content (AvgIpc) is 2.45. The quantitative estimate of drug-likeness (QED) is 0.781. The van der Waals surface area contributed by atoms with E-state index in [0.29, 0.717) is 19.6 Å². The monoisotopic (exact) mass is 298 g/mol. The fraction of sp³-hybridized carbons (Fsp3) is 0.867. The summed E-state index contributed by atoms with van der Waals surface area (Å²) >= 11 is 0. The molecule has 0 saturated carbocycles. The van der Waals surface area contributed by atoms with Crippen molar-refractivity contribution >= 4 is 6.09 Å². The van der Waals surface area contributed by atoms with Gasteiger partial charge in [0.25, 0.3) is 0 Å². The lowest BCUT2D eigenvalue weighted by Crippen LogP contribution is -2.37. The first-order valence-electron chi connectivity index (χ1n) is 7.47. The summed E-state index contributed by atoms with van der Waals surface area (Å²) < 4.78 is 11.3. The second-order valence-electron chi connectivity index (χ2n) is 6.24. The fourth-order valence-electron chi connectivity index (χ4n) is 2.36. The third-order valence-electron chi connectivity index (χ3n) is 3.89. The van der Waals surface area contributed by atoms with Gasteiger partial charge in [0, 0.05) is 25.6 Å². The molecular weight excluding hydrogens is 272 g/mol. The van der Waals surface area contributed by atoms with Crippen molar-refractivity contribution in [2.24, 2.45) is 5.41 Å². The normalized spacial score (nSPS) is 20.6. The van der Waals surface area contributed by atoms with Crippen molar-refractivity contribution in [1.29, 1.82) is 5.26 Å². The van der Waals surface area contributed by atoms with Gasteiger partial charge in [-0.3, -0.25) is 0 Å². The Balaban J connectivity index is 2.44. The van der Waals surface area contributed by atoms with E-state index >= 15 is 0 Å². The number of rotatable bonds is 7. The number of carboxylic acid groups (broad SMARTS) is 1. The first kappa shape index (κ1) is 17.7. The SMILES string of the molecule is CN(CCCC(C)(C)C(C#N)OC1CCCCO1)C(=O)O. The van der Waals surface area contributed by atoms with Gasteiger partial charge < -0.3 is 19.5 Å². The third kappa shape index (κ3) is 5.90. The van der Waals surface area contributed by atoms with Crippen LogP contribution in [0.2, 0.25) is 0 Å². The van der Waals surface area contributed by atoms with Gasteiger partial charge in [-0.1, -0.05) is 13.8 Å². The molecule has 1 aliphatic heterocycles. The zero-order valence-electron chi connectivity index (χ0n) is 13.2. The van der Waals surface area contributed by atoms with Crippen molar-refractivity contribution in [1.82, 2.24) is 4.90 Å². The van der Waals surface area contributed by atoms with Crippen molar-refractivity contribution in [3.63, 3.8) is 0 Å². The lowest BCUT2D eigenvalue weighted by molar-refractivity contribution is -0.195. The van der Waals surface area contributed by atoms with Gasteiger partial charge in [-0.2, -0.15) is 5.26 Å². The van der Waals surface area contributed by atoms with Crippen LogP contribution in [0.3, 0.4) is 0 Å². The highest BCUT2D eigenvalue weighted by Gasteiger charge is 2.33. The fourth-order valence-corrected chi connectivity index (χ4v) is 2.36. The van der Waals surface area contributed by atoms with Crippen LogP contribution in [0, 0.1) is 16.7 Å².